The lowest BCUT2D eigenvalue weighted by Gasteiger charge is -2.30. The Morgan fingerprint density at radius 2 is 1.86 bits per heavy atom. The zero-order valence-electron chi connectivity index (χ0n) is 20.4. The van der Waals surface area contributed by atoms with Crippen molar-refractivity contribution in [1.82, 2.24) is 29.8 Å². The molecule has 1 fully saturated rings. The standard InChI is InChI=1S/C26H29N9O/c1-16(2)35-15-29-23-24(30-26(31-25(23)35)34-11-9-19(27)10-12-34)28-14-18-5-3-4-6-20(18)17-7-8-21-22(13-17)33-36-32-21/h3-8,13,15-16,19H,9-12,14,27H2,1-2H3,(H,28,30,31). The van der Waals surface area contributed by atoms with Gasteiger partial charge in [0.15, 0.2) is 17.0 Å². The van der Waals surface area contributed by atoms with E-state index in [2.05, 4.69) is 56.1 Å². The minimum absolute atomic E-state index is 0.238. The van der Waals surface area contributed by atoms with Gasteiger partial charge < -0.3 is 20.5 Å². The summed E-state index contributed by atoms with van der Waals surface area (Å²) in [5.41, 5.74) is 12.5. The van der Waals surface area contributed by atoms with E-state index in [0.29, 0.717) is 6.54 Å². The Bertz CT molecular complexity index is 1510. The molecule has 6 rings (SSSR count). The normalized spacial score (nSPS) is 14.8. The van der Waals surface area contributed by atoms with E-state index in [0.717, 1.165) is 76.6 Å². The van der Waals surface area contributed by atoms with Crippen LogP contribution >= 0.6 is 0 Å². The van der Waals surface area contributed by atoms with Crippen molar-refractivity contribution in [2.45, 2.75) is 45.3 Å². The third-order valence-electron chi connectivity index (χ3n) is 6.82. The molecule has 3 N–H and O–H groups in total. The quantitative estimate of drug-likeness (QED) is 0.366. The van der Waals surface area contributed by atoms with Gasteiger partial charge in [-0.3, -0.25) is 0 Å². The fourth-order valence-corrected chi connectivity index (χ4v) is 4.73. The number of hydrogen-bond acceptors (Lipinski definition) is 9. The first-order chi connectivity index (χ1) is 17.6. The van der Waals surface area contributed by atoms with Gasteiger partial charge in [-0.05, 0) is 65.8 Å². The summed E-state index contributed by atoms with van der Waals surface area (Å²) in [5, 5.41) is 11.5. The first-order valence-electron chi connectivity index (χ1n) is 12.4. The van der Waals surface area contributed by atoms with Crippen LogP contribution in [0.5, 0.6) is 0 Å². The van der Waals surface area contributed by atoms with Crippen molar-refractivity contribution in [2.24, 2.45) is 5.73 Å². The topological polar surface area (TPSA) is 124 Å². The van der Waals surface area contributed by atoms with E-state index in [1.54, 1.807) is 0 Å². The van der Waals surface area contributed by atoms with Gasteiger partial charge in [-0.2, -0.15) is 9.97 Å². The van der Waals surface area contributed by atoms with Crippen molar-refractivity contribution in [3.05, 3.63) is 54.4 Å². The average molecular weight is 484 g/mol. The predicted molar refractivity (Wildman–Crippen MR) is 140 cm³/mol. The molecule has 2 aromatic carbocycles. The van der Waals surface area contributed by atoms with Gasteiger partial charge >= 0.3 is 0 Å². The van der Waals surface area contributed by atoms with Gasteiger partial charge in [0.1, 0.15) is 11.0 Å². The number of piperidine rings is 1. The molecule has 5 aromatic rings. The minimum Gasteiger partial charge on any atom is -0.364 e. The van der Waals surface area contributed by atoms with E-state index < -0.39 is 0 Å². The molecule has 4 heterocycles. The van der Waals surface area contributed by atoms with Crippen LogP contribution in [-0.2, 0) is 6.54 Å². The van der Waals surface area contributed by atoms with E-state index in [9.17, 15) is 0 Å². The zero-order chi connectivity index (χ0) is 24.6. The highest BCUT2D eigenvalue weighted by Crippen LogP contribution is 2.29. The van der Waals surface area contributed by atoms with Gasteiger partial charge in [-0.25, -0.2) is 9.61 Å². The van der Waals surface area contributed by atoms with Gasteiger partial charge in [-0.15, -0.1) is 0 Å². The molecule has 0 spiro atoms. The molecule has 1 aliphatic rings. The SMILES string of the molecule is CC(C)n1cnc2c(NCc3ccccc3-c3ccc4nonc4c3)nc(N3CCC(N)CC3)nc21. The molecule has 10 nitrogen and oxygen atoms in total. The first-order valence-corrected chi connectivity index (χ1v) is 12.4. The lowest BCUT2D eigenvalue weighted by molar-refractivity contribution is 0.315. The molecule has 1 aliphatic heterocycles. The van der Waals surface area contributed by atoms with Crippen LogP contribution in [-0.4, -0.2) is 49.0 Å². The van der Waals surface area contributed by atoms with Crippen molar-refractivity contribution < 1.29 is 4.63 Å². The zero-order valence-corrected chi connectivity index (χ0v) is 20.4. The van der Waals surface area contributed by atoms with Crippen LogP contribution < -0.4 is 16.0 Å². The van der Waals surface area contributed by atoms with Crippen molar-refractivity contribution >= 4 is 34.0 Å². The third-order valence-corrected chi connectivity index (χ3v) is 6.82. The third kappa shape index (κ3) is 4.13. The molecule has 0 aliphatic carbocycles. The van der Waals surface area contributed by atoms with Gasteiger partial charge in [0, 0.05) is 31.7 Å². The van der Waals surface area contributed by atoms with Crippen LogP contribution in [0.1, 0.15) is 38.3 Å². The lowest BCUT2D eigenvalue weighted by Crippen LogP contribution is -2.40. The van der Waals surface area contributed by atoms with Gasteiger partial charge in [0.2, 0.25) is 5.95 Å². The number of aromatic nitrogens is 6. The second-order valence-electron chi connectivity index (χ2n) is 9.59. The second-order valence-corrected chi connectivity index (χ2v) is 9.59. The molecule has 0 atom stereocenters. The molecule has 0 amide bonds. The van der Waals surface area contributed by atoms with E-state index in [1.165, 1.54) is 0 Å². The van der Waals surface area contributed by atoms with Crippen LogP contribution in [0.4, 0.5) is 11.8 Å². The molecule has 10 heteroatoms. The Morgan fingerprint density at radius 3 is 2.69 bits per heavy atom. The first kappa shape index (κ1) is 22.4. The number of hydrogen-bond donors (Lipinski definition) is 2. The van der Waals surface area contributed by atoms with Gasteiger partial charge in [0.25, 0.3) is 0 Å². The molecule has 0 saturated carbocycles. The Labute approximate surface area is 208 Å². The van der Waals surface area contributed by atoms with Crippen LogP contribution in [0.2, 0.25) is 0 Å². The van der Waals surface area contributed by atoms with Crippen LogP contribution in [0.25, 0.3) is 33.3 Å². The number of rotatable bonds is 6. The summed E-state index contributed by atoms with van der Waals surface area (Å²) in [7, 11) is 0. The van der Waals surface area contributed by atoms with Crippen LogP contribution in [0, 0.1) is 0 Å². The molecule has 0 unspecified atom stereocenters. The molecule has 0 bridgehead atoms. The summed E-state index contributed by atoms with van der Waals surface area (Å²) in [4.78, 5) is 16.7. The summed E-state index contributed by atoms with van der Waals surface area (Å²) in [6, 6.07) is 14.7. The molecule has 1 saturated heterocycles. The van der Waals surface area contributed by atoms with Crippen LogP contribution in [0.3, 0.4) is 0 Å². The summed E-state index contributed by atoms with van der Waals surface area (Å²) < 4.78 is 6.97. The largest absolute Gasteiger partial charge is 0.364 e. The minimum atomic E-state index is 0.238. The Hall–Kier alpha value is -4.05. The molecular weight excluding hydrogens is 454 g/mol. The van der Waals surface area contributed by atoms with Crippen molar-refractivity contribution in [3.63, 3.8) is 0 Å². The van der Waals surface area contributed by atoms with E-state index in [-0.39, 0.29) is 12.1 Å². The lowest BCUT2D eigenvalue weighted by atomic mass is 9.99. The summed E-state index contributed by atoms with van der Waals surface area (Å²) in [6.07, 6.45) is 3.72. The van der Waals surface area contributed by atoms with Gasteiger partial charge in [0.05, 0.1) is 6.33 Å². The Morgan fingerprint density at radius 1 is 1.06 bits per heavy atom. The number of benzene rings is 2. The maximum absolute atomic E-state index is 6.13. The average Bonchev–Trinajstić information content (AvgIpc) is 3.54. The fourth-order valence-electron chi connectivity index (χ4n) is 4.73. The van der Waals surface area contributed by atoms with E-state index in [4.69, 9.17) is 20.3 Å². The van der Waals surface area contributed by atoms with Crippen LogP contribution in [0.15, 0.2) is 53.4 Å². The highest BCUT2D eigenvalue weighted by atomic mass is 16.6. The monoisotopic (exact) mass is 483 g/mol. The molecular formula is C26H29N9O. The number of fused-ring (bicyclic) bond motifs is 2. The highest BCUT2D eigenvalue weighted by Gasteiger charge is 2.22. The number of nitrogens with one attached hydrogen (secondary N) is 1. The Kier molecular flexibility index (Phi) is 5.73. The van der Waals surface area contributed by atoms with Crippen molar-refractivity contribution in [2.75, 3.05) is 23.3 Å². The molecule has 0 radical (unpaired) electrons. The number of nitrogens with two attached hydrogens (primary N) is 1. The number of imidazole rings is 1. The number of anilines is 2. The van der Waals surface area contributed by atoms with E-state index >= 15 is 0 Å². The fraction of sp³-hybridized carbons (Fsp3) is 0.346. The van der Waals surface area contributed by atoms with Crippen molar-refractivity contribution in [3.8, 4) is 11.1 Å². The highest BCUT2D eigenvalue weighted by molar-refractivity contribution is 5.85. The smallest absolute Gasteiger partial charge is 0.229 e. The summed E-state index contributed by atoms with van der Waals surface area (Å²) >= 11 is 0. The summed E-state index contributed by atoms with van der Waals surface area (Å²) in [6.45, 7) is 6.55. The Balaban J connectivity index is 1.35. The maximum Gasteiger partial charge on any atom is 0.229 e. The molecule has 3 aromatic heterocycles. The second kappa shape index (κ2) is 9.19. The maximum atomic E-state index is 6.13. The summed E-state index contributed by atoms with van der Waals surface area (Å²) in [5.74, 6) is 1.45. The van der Waals surface area contributed by atoms with Crippen molar-refractivity contribution in [1.29, 1.82) is 0 Å². The predicted octanol–water partition coefficient (Wildman–Crippen LogP) is 4.15. The molecule has 184 valence electrons. The van der Waals surface area contributed by atoms with Gasteiger partial charge in [-0.1, -0.05) is 30.3 Å². The number of nitrogens with zero attached hydrogens (tertiary/aromatic N) is 7. The van der Waals surface area contributed by atoms with E-state index in [1.807, 2.05) is 36.7 Å². The molecule has 36 heavy (non-hydrogen) atoms.